The number of unbranched alkanes of at least 4 members (excludes halogenated alkanes) is 11. The Kier molecular flexibility index (Phi) is 35.4. The van der Waals surface area contributed by atoms with E-state index in [4.69, 9.17) is 5.11 Å². The van der Waals surface area contributed by atoms with Gasteiger partial charge < -0.3 is 5.11 Å². The van der Waals surface area contributed by atoms with Crippen LogP contribution in [0, 0.1) is 0 Å². The molecule has 1 heteroatoms. The van der Waals surface area contributed by atoms with Gasteiger partial charge in [-0.3, -0.25) is 0 Å². The molecule has 1 nitrogen and oxygen atoms in total. The number of aliphatic hydroxyl groups is 1. The van der Waals surface area contributed by atoms with Crippen LogP contribution in [0.25, 0.3) is 0 Å². The van der Waals surface area contributed by atoms with Crippen LogP contribution in [0.1, 0.15) is 135 Å². The number of allylic oxidation sites excluding steroid dienone is 18. The lowest BCUT2D eigenvalue weighted by molar-refractivity contribution is 0.283. The Balaban J connectivity index is 3.43. The number of hydrogen-bond donors (Lipinski definition) is 1. The summed E-state index contributed by atoms with van der Waals surface area (Å²) >= 11 is 0. The van der Waals surface area contributed by atoms with Crippen molar-refractivity contribution in [2.45, 2.75) is 135 Å². The smallest absolute Gasteiger partial charge is 0.0431 e. The lowest BCUT2D eigenvalue weighted by Crippen LogP contribution is -1.81. The van der Waals surface area contributed by atoms with Crippen molar-refractivity contribution < 1.29 is 5.11 Å². The lowest BCUT2D eigenvalue weighted by Gasteiger charge is -1.93. The topological polar surface area (TPSA) is 20.2 Å². The van der Waals surface area contributed by atoms with Crippen LogP contribution in [0.3, 0.4) is 0 Å². The van der Waals surface area contributed by atoms with Crippen molar-refractivity contribution in [3.63, 3.8) is 0 Å². The maximum atomic E-state index is 8.76. The standard InChI is InChI=1S/C40H64O/c1-2-3-4-5-6-7-8-9-10-11-12-13-14-15-16-17-18-19-20-21-22-23-24-25-26-27-28-29-30-31-32-33-34-35-36-37-38-39-40-41/h2-3,6-7,10-11,14-15,18-19,22-23,26-27,30-31,34-35,41H,4-5,8-9,12-13,16-17,20-21,24-25,28-29,32-33,36-40H2,1H3. The van der Waals surface area contributed by atoms with E-state index in [0.29, 0.717) is 6.61 Å². The fourth-order valence-corrected chi connectivity index (χ4v) is 4.14. The summed E-state index contributed by atoms with van der Waals surface area (Å²) in [5.41, 5.74) is 0. The number of rotatable bonds is 29. The van der Waals surface area contributed by atoms with Crippen LogP contribution in [0.5, 0.6) is 0 Å². The van der Waals surface area contributed by atoms with E-state index >= 15 is 0 Å². The Labute approximate surface area is 256 Å². The van der Waals surface area contributed by atoms with Gasteiger partial charge in [0, 0.05) is 6.61 Å². The molecule has 0 aromatic carbocycles. The number of aliphatic hydroxyl groups excluding tert-OH is 1. The molecule has 41 heavy (non-hydrogen) atoms. The van der Waals surface area contributed by atoms with Gasteiger partial charge in [-0.25, -0.2) is 0 Å². The normalized spacial score (nSPS) is 13.3. The second kappa shape index (κ2) is 37.6. The van der Waals surface area contributed by atoms with Crippen molar-refractivity contribution in [1.29, 1.82) is 0 Å². The zero-order chi connectivity index (χ0) is 29.6. The molecule has 0 unspecified atom stereocenters. The zero-order valence-electron chi connectivity index (χ0n) is 26.7. The average Bonchev–Trinajstić information content (AvgIpc) is 2.98. The van der Waals surface area contributed by atoms with Gasteiger partial charge in [0.15, 0.2) is 0 Å². The largest absolute Gasteiger partial charge is 0.396 e. The molecule has 0 aromatic rings. The van der Waals surface area contributed by atoms with Crippen molar-refractivity contribution >= 4 is 0 Å². The van der Waals surface area contributed by atoms with Crippen molar-refractivity contribution in [1.82, 2.24) is 0 Å². The van der Waals surface area contributed by atoms with Crippen LogP contribution in [0.15, 0.2) is 109 Å². The molecule has 0 spiro atoms. The highest BCUT2D eigenvalue weighted by atomic mass is 16.2. The van der Waals surface area contributed by atoms with E-state index in [1.54, 1.807) is 0 Å². The second-order valence-electron chi connectivity index (χ2n) is 10.5. The maximum Gasteiger partial charge on any atom is 0.0431 e. The van der Waals surface area contributed by atoms with E-state index in [1.165, 1.54) is 6.42 Å². The minimum atomic E-state index is 0.328. The van der Waals surface area contributed by atoms with Crippen LogP contribution in [-0.2, 0) is 0 Å². The summed E-state index contributed by atoms with van der Waals surface area (Å²) in [7, 11) is 0. The van der Waals surface area contributed by atoms with E-state index in [1.807, 2.05) is 0 Å². The molecule has 0 aliphatic heterocycles. The van der Waals surface area contributed by atoms with E-state index in [0.717, 1.165) is 122 Å². The van der Waals surface area contributed by atoms with Crippen molar-refractivity contribution in [2.24, 2.45) is 0 Å². The highest BCUT2D eigenvalue weighted by Crippen LogP contribution is 2.05. The Morgan fingerprint density at radius 3 is 0.707 bits per heavy atom. The van der Waals surface area contributed by atoms with Gasteiger partial charge in [-0.15, -0.1) is 0 Å². The number of hydrogen-bond acceptors (Lipinski definition) is 1. The molecule has 0 fully saturated rings. The van der Waals surface area contributed by atoms with Crippen LogP contribution in [0.2, 0.25) is 0 Å². The summed E-state index contributed by atoms with van der Waals surface area (Å²) in [6.07, 6.45) is 64.3. The predicted octanol–water partition coefficient (Wildman–Crippen LogP) is 12.8. The van der Waals surface area contributed by atoms with Crippen LogP contribution < -0.4 is 0 Å². The minimum absolute atomic E-state index is 0.328. The van der Waals surface area contributed by atoms with Gasteiger partial charge in [-0.2, -0.15) is 0 Å². The molecule has 0 bridgehead atoms. The molecule has 0 heterocycles. The van der Waals surface area contributed by atoms with Crippen molar-refractivity contribution in [3.8, 4) is 0 Å². The van der Waals surface area contributed by atoms with E-state index < -0.39 is 0 Å². The summed E-state index contributed by atoms with van der Waals surface area (Å²) in [4.78, 5) is 0. The van der Waals surface area contributed by atoms with E-state index in [-0.39, 0.29) is 0 Å². The van der Waals surface area contributed by atoms with Crippen molar-refractivity contribution in [2.75, 3.05) is 6.61 Å². The molecular formula is C40H64O. The summed E-state index contributed by atoms with van der Waals surface area (Å²) in [5, 5.41) is 8.76. The monoisotopic (exact) mass is 560 g/mol. The Hall–Kier alpha value is -2.38. The molecule has 0 aromatic heterocycles. The Morgan fingerprint density at radius 1 is 0.268 bits per heavy atom. The Morgan fingerprint density at radius 2 is 0.488 bits per heavy atom. The first-order chi connectivity index (χ1) is 20.4. The fraction of sp³-hybridized carbons (Fsp3) is 0.550. The molecule has 0 amide bonds. The summed E-state index contributed by atoms with van der Waals surface area (Å²) in [5.74, 6) is 0. The predicted molar refractivity (Wildman–Crippen MR) is 187 cm³/mol. The summed E-state index contributed by atoms with van der Waals surface area (Å²) < 4.78 is 0. The molecule has 0 aliphatic rings. The van der Waals surface area contributed by atoms with Gasteiger partial charge in [0.1, 0.15) is 0 Å². The quantitative estimate of drug-likeness (QED) is 0.0712. The summed E-state index contributed by atoms with van der Waals surface area (Å²) in [6, 6.07) is 0. The highest BCUT2D eigenvalue weighted by molar-refractivity contribution is 4.95. The van der Waals surface area contributed by atoms with Gasteiger partial charge in [-0.1, -0.05) is 116 Å². The average molecular weight is 561 g/mol. The molecule has 0 radical (unpaired) electrons. The molecule has 0 aliphatic carbocycles. The van der Waals surface area contributed by atoms with Gasteiger partial charge in [0.25, 0.3) is 0 Å². The van der Waals surface area contributed by atoms with Crippen LogP contribution in [0.4, 0.5) is 0 Å². The SMILES string of the molecule is CC=CCCC=CCCC=CCCC=CCCC=CCCC=CCCC=CCCC=CCCC=CCCCCCO. The molecule has 0 atom stereocenters. The molecule has 230 valence electrons. The van der Waals surface area contributed by atoms with E-state index in [9.17, 15) is 0 Å². The van der Waals surface area contributed by atoms with Gasteiger partial charge >= 0.3 is 0 Å². The third kappa shape index (κ3) is 37.6. The molecule has 0 saturated heterocycles. The third-order valence-electron chi connectivity index (χ3n) is 6.60. The first kappa shape index (κ1) is 38.6. The minimum Gasteiger partial charge on any atom is -0.396 e. The molecule has 0 saturated carbocycles. The van der Waals surface area contributed by atoms with Crippen LogP contribution in [-0.4, -0.2) is 11.7 Å². The van der Waals surface area contributed by atoms with Crippen LogP contribution >= 0.6 is 0 Å². The third-order valence-corrected chi connectivity index (χ3v) is 6.60. The van der Waals surface area contributed by atoms with Gasteiger partial charge in [0.05, 0.1) is 0 Å². The first-order valence-corrected chi connectivity index (χ1v) is 16.8. The van der Waals surface area contributed by atoms with E-state index in [2.05, 4.69) is 116 Å². The lowest BCUT2D eigenvalue weighted by atomic mass is 10.1. The maximum absolute atomic E-state index is 8.76. The van der Waals surface area contributed by atoms with Crippen molar-refractivity contribution in [3.05, 3.63) is 109 Å². The molecule has 0 rings (SSSR count). The second-order valence-corrected chi connectivity index (χ2v) is 10.5. The Bertz CT molecular complexity index is 769. The first-order valence-electron chi connectivity index (χ1n) is 16.8. The zero-order valence-corrected chi connectivity index (χ0v) is 26.7. The van der Waals surface area contributed by atoms with Gasteiger partial charge in [-0.05, 0) is 129 Å². The summed E-state index contributed by atoms with van der Waals surface area (Å²) in [6.45, 7) is 2.41. The fourth-order valence-electron chi connectivity index (χ4n) is 4.14. The van der Waals surface area contributed by atoms with Gasteiger partial charge in [0.2, 0.25) is 0 Å². The molecular weight excluding hydrogens is 496 g/mol. The highest BCUT2D eigenvalue weighted by Gasteiger charge is 1.86. The molecule has 1 N–H and O–H groups in total.